The molecule has 1 aromatic rings. The molecule has 0 atom stereocenters. The van der Waals surface area contributed by atoms with Gasteiger partial charge in [0.15, 0.2) is 5.78 Å². The van der Waals surface area contributed by atoms with Gasteiger partial charge in [-0.25, -0.2) is 4.99 Å². The first-order chi connectivity index (χ1) is 13.2. The second-order valence-corrected chi connectivity index (χ2v) is 8.07. The Hall–Kier alpha value is -2.39. The largest absolute Gasteiger partial charge is 0.427 e. The van der Waals surface area contributed by atoms with Crippen LogP contribution in [0.2, 0.25) is 0 Å². The molecule has 1 aliphatic heterocycles. The predicted octanol–water partition coefficient (Wildman–Crippen LogP) is 4.82. The number of allylic oxidation sites excluding steroid dienone is 1. The summed E-state index contributed by atoms with van der Waals surface area (Å²) in [4.78, 5) is 20.9. The first kappa shape index (κ1) is 21.3. The van der Waals surface area contributed by atoms with Crippen molar-refractivity contribution in [2.75, 3.05) is 0 Å². The number of carbonyl (C=O) groups excluding carboxylic acids is 1. The molecule has 1 aliphatic carbocycles. The highest BCUT2D eigenvalue weighted by atomic mass is 19.4. The van der Waals surface area contributed by atoms with Crippen LogP contribution in [0.4, 0.5) is 26.3 Å². The number of aliphatic imine (C=N–C) groups is 1. The minimum Gasteiger partial charge on any atom is -0.329 e. The highest BCUT2D eigenvalue weighted by molar-refractivity contribution is 6.03. The van der Waals surface area contributed by atoms with Crippen molar-refractivity contribution in [1.29, 1.82) is 0 Å². The number of carbonyl (C=O) groups is 1. The van der Waals surface area contributed by atoms with E-state index in [4.69, 9.17) is 0 Å². The molecule has 0 fully saturated rings. The smallest absolute Gasteiger partial charge is 0.329 e. The number of rotatable bonds is 2. The average Bonchev–Trinajstić information content (AvgIpc) is 2.55. The van der Waals surface area contributed by atoms with Gasteiger partial charge in [0.05, 0.1) is 5.57 Å². The van der Waals surface area contributed by atoms with E-state index in [1.807, 2.05) is 0 Å². The van der Waals surface area contributed by atoms with Gasteiger partial charge in [0.25, 0.3) is 5.54 Å². The maximum absolute atomic E-state index is 13.9. The van der Waals surface area contributed by atoms with E-state index < -0.39 is 46.9 Å². The number of ketones is 1. The van der Waals surface area contributed by atoms with E-state index in [1.54, 1.807) is 26.0 Å². The SMILES string of the molecule is CC1=NC(C(F)(F)F)(C(F)(F)F)C2=C(CC(C)(C)CC2=O)N1Cc1ccncc1. The summed E-state index contributed by atoms with van der Waals surface area (Å²) in [7, 11) is 0. The molecule has 0 bridgehead atoms. The molecule has 0 aromatic carbocycles. The molecule has 158 valence electrons. The van der Waals surface area contributed by atoms with Crippen LogP contribution in [0.3, 0.4) is 0 Å². The molecule has 10 heteroatoms. The molecule has 2 aliphatic rings. The third-order valence-corrected chi connectivity index (χ3v) is 5.17. The van der Waals surface area contributed by atoms with Gasteiger partial charge in [-0.2, -0.15) is 26.3 Å². The fourth-order valence-corrected chi connectivity index (χ4v) is 3.93. The van der Waals surface area contributed by atoms with Crippen molar-refractivity contribution in [3.05, 3.63) is 41.4 Å². The lowest BCUT2D eigenvalue weighted by molar-refractivity contribution is -0.283. The maximum Gasteiger partial charge on any atom is 0.427 e. The number of hydrogen-bond acceptors (Lipinski definition) is 4. The van der Waals surface area contributed by atoms with Crippen LogP contribution < -0.4 is 0 Å². The van der Waals surface area contributed by atoms with E-state index in [1.165, 1.54) is 17.3 Å². The van der Waals surface area contributed by atoms with Crippen LogP contribution in [-0.4, -0.2) is 39.4 Å². The lowest BCUT2D eigenvalue weighted by Gasteiger charge is -2.47. The monoisotopic (exact) mass is 419 g/mol. The van der Waals surface area contributed by atoms with Crippen LogP contribution in [0.25, 0.3) is 0 Å². The molecular formula is C19H19F6N3O. The topological polar surface area (TPSA) is 45.6 Å². The van der Waals surface area contributed by atoms with Gasteiger partial charge in [0.1, 0.15) is 5.84 Å². The Bertz CT molecular complexity index is 869. The highest BCUT2D eigenvalue weighted by Gasteiger charge is 2.76. The maximum atomic E-state index is 13.9. The zero-order valence-corrected chi connectivity index (χ0v) is 15.9. The number of hydrogen-bond donors (Lipinski definition) is 0. The third kappa shape index (κ3) is 3.42. The summed E-state index contributed by atoms with van der Waals surface area (Å²) in [5.41, 5.74) is -6.31. The number of aromatic nitrogens is 1. The van der Waals surface area contributed by atoms with E-state index in [0.29, 0.717) is 5.56 Å². The molecule has 0 radical (unpaired) electrons. The Labute approximate surface area is 163 Å². The molecule has 0 saturated carbocycles. The number of Topliss-reactive ketones (excluding diaryl/α,β-unsaturated/α-hetero) is 1. The van der Waals surface area contributed by atoms with Gasteiger partial charge in [-0.3, -0.25) is 9.78 Å². The van der Waals surface area contributed by atoms with Crippen molar-refractivity contribution < 1.29 is 31.1 Å². The van der Waals surface area contributed by atoms with Crippen molar-refractivity contribution in [1.82, 2.24) is 9.88 Å². The van der Waals surface area contributed by atoms with E-state index in [9.17, 15) is 31.1 Å². The lowest BCUT2D eigenvalue weighted by Crippen LogP contribution is -2.63. The number of halogens is 6. The van der Waals surface area contributed by atoms with E-state index in [2.05, 4.69) is 9.98 Å². The molecule has 29 heavy (non-hydrogen) atoms. The van der Waals surface area contributed by atoms with Crippen LogP contribution in [0.15, 0.2) is 40.8 Å². The molecule has 4 nitrogen and oxygen atoms in total. The zero-order valence-electron chi connectivity index (χ0n) is 15.9. The minimum atomic E-state index is -5.81. The van der Waals surface area contributed by atoms with E-state index in [-0.39, 0.29) is 18.7 Å². The van der Waals surface area contributed by atoms with Gasteiger partial charge in [-0.1, -0.05) is 13.8 Å². The summed E-state index contributed by atoms with van der Waals surface area (Å²) in [5, 5.41) is 0. The summed E-state index contributed by atoms with van der Waals surface area (Å²) in [6, 6.07) is 3.19. The van der Waals surface area contributed by atoms with Gasteiger partial charge < -0.3 is 4.90 Å². The predicted molar refractivity (Wildman–Crippen MR) is 92.8 cm³/mol. The van der Waals surface area contributed by atoms with Crippen molar-refractivity contribution in [2.24, 2.45) is 10.4 Å². The van der Waals surface area contributed by atoms with Gasteiger partial charge in [-0.15, -0.1) is 0 Å². The van der Waals surface area contributed by atoms with Gasteiger partial charge in [-0.05, 0) is 36.5 Å². The lowest BCUT2D eigenvalue weighted by atomic mass is 9.69. The van der Waals surface area contributed by atoms with Crippen LogP contribution in [0.1, 0.15) is 39.2 Å². The van der Waals surface area contributed by atoms with Gasteiger partial charge in [0.2, 0.25) is 0 Å². The van der Waals surface area contributed by atoms with E-state index in [0.717, 1.165) is 6.92 Å². The summed E-state index contributed by atoms with van der Waals surface area (Å²) in [5.74, 6) is -1.62. The van der Waals surface area contributed by atoms with Crippen LogP contribution in [0, 0.1) is 5.41 Å². The van der Waals surface area contributed by atoms with Gasteiger partial charge in [0, 0.05) is 31.1 Å². The van der Waals surface area contributed by atoms with Crippen molar-refractivity contribution in [3.63, 3.8) is 0 Å². The van der Waals surface area contributed by atoms with Gasteiger partial charge >= 0.3 is 12.4 Å². The number of pyridine rings is 1. The summed E-state index contributed by atoms with van der Waals surface area (Å²) in [6.07, 6.45) is -9.23. The molecule has 0 unspecified atom stereocenters. The standard InChI is InChI=1S/C19H19F6N3O/c1-11-27-17(18(20,21)22,19(23,24)25)15-13(8-16(2,3)9-14(15)29)28(11)10-12-4-6-26-7-5-12/h4-7H,8-10H2,1-3H3. The normalized spacial score (nSPS) is 21.8. The quantitative estimate of drug-likeness (QED) is 0.646. The Balaban J connectivity index is 2.28. The Morgan fingerprint density at radius 2 is 1.59 bits per heavy atom. The van der Waals surface area contributed by atoms with Crippen LogP contribution in [-0.2, 0) is 11.3 Å². The fourth-order valence-electron chi connectivity index (χ4n) is 3.93. The first-order valence-electron chi connectivity index (χ1n) is 8.83. The first-order valence-corrected chi connectivity index (χ1v) is 8.83. The fraction of sp³-hybridized carbons (Fsp3) is 0.526. The molecule has 0 saturated heterocycles. The van der Waals surface area contributed by atoms with Crippen LogP contribution in [0.5, 0.6) is 0 Å². The number of nitrogens with zero attached hydrogens (tertiary/aromatic N) is 3. The Kier molecular flexibility index (Phi) is 4.83. The Morgan fingerprint density at radius 3 is 2.10 bits per heavy atom. The van der Waals surface area contributed by atoms with Crippen molar-refractivity contribution in [3.8, 4) is 0 Å². The molecular weight excluding hydrogens is 400 g/mol. The van der Waals surface area contributed by atoms with Crippen molar-refractivity contribution in [2.45, 2.75) is 58.0 Å². The number of amidine groups is 1. The average molecular weight is 419 g/mol. The highest BCUT2D eigenvalue weighted by Crippen LogP contribution is 2.56. The molecule has 3 rings (SSSR count). The number of alkyl halides is 6. The molecule has 0 spiro atoms. The molecule has 0 amide bonds. The van der Waals surface area contributed by atoms with Crippen LogP contribution >= 0.6 is 0 Å². The summed E-state index contributed by atoms with van der Waals surface area (Å²) >= 11 is 0. The third-order valence-electron chi connectivity index (χ3n) is 5.17. The Morgan fingerprint density at radius 1 is 1.03 bits per heavy atom. The minimum absolute atomic E-state index is 0.0220. The zero-order chi connectivity index (χ0) is 21.8. The second-order valence-electron chi connectivity index (χ2n) is 8.07. The van der Waals surface area contributed by atoms with Crippen molar-refractivity contribution >= 4 is 11.6 Å². The summed E-state index contributed by atoms with van der Waals surface area (Å²) < 4.78 is 83.5. The molecule has 2 heterocycles. The summed E-state index contributed by atoms with van der Waals surface area (Å²) in [6.45, 7) is 4.36. The van der Waals surface area contributed by atoms with E-state index >= 15 is 0 Å². The molecule has 1 aromatic heterocycles. The molecule has 0 N–H and O–H groups in total. The second kappa shape index (κ2) is 6.56.